The van der Waals surface area contributed by atoms with Crippen LogP contribution in [0, 0.1) is 10.1 Å². The van der Waals surface area contributed by atoms with Crippen LogP contribution >= 0.6 is 0 Å². The Bertz CT molecular complexity index is 230. The Morgan fingerprint density at radius 2 is 2.55 bits per heavy atom. The van der Waals surface area contributed by atoms with Crippen LogP contribution in [0.25, 0.3) is 0 Å². The average molecular weight is 155 g/mol. The van der Waals surface area contributed by atoms with Gasteiger partial charge in [-0.15, -0.1) is 0 Å². The summed E-state index contributed by atoms with van der Waals surface area (Å²) < 4.78 is 4.99. The minimum absolute atomic E-state index is 0.0759. The second-order valence-corrected chi connectivity index (χ2v) is 2.43. The van der Waals surface area contributed by atoms with E-state index in [4.69, 9.17) is 4.42 Å². The predicted molar refractivity (Wildman–Crippen MR) is 39.0 cm³/mol. The third-order valence-corrected chi connectivity index (χ3v) is 1.45. The maximum atomic E-state index is 10.1. The molecule has 1 rings (SSSR count). The van der Waals surface area contributed by atoms with Crippen LogP contribution in [0.5, 0.6) is 0 Å². The Hall–Kier alpha value is -1.32. The molecule has 1 heterocycles. The number of nitro groups is 1. The molecular weight excluding hydrogens is 146 g/mol. The molecule has 60 valence electrons. The molecule has 0 bridgehead atoms. The zero-order valence-electron chi connectivity index (χ0n) is 6.19. The lowest BCUT2D eigenvalue weighted by Gasteiger charge is -2.00. The van der Waals surface area contributed by atoms with Crippen LogP contribution in [0.15, 0.2) is 22.8 Å². The number of furan rings is 1. The Labute approximate surface area is 64.0 Å². The third kappa shape index (κ3) is 2.07. The van der Waals surface area contributed by atoms with E-state index in [0.29, 0.717) is 5.76 Å². The van der Waals surface area contributed by atoms with Crippen LogP contribution in [0.1, 0.15) is 18.6 Å². The van der Waals surface area contributed by atoms with Crippen molar-refractivity contribution in [2.45, 2.75) is 12.8 Å². The highest BCUT2D eigenvalue weighted by atomic mass is 16.6. The van der Waals surface area contributed by atoms with Crippen molar-refractivity contribution in [1.82, 2.24) is 0 Å². The largest absolute Gasteiger partial charge is 0.469 e. The van der Waals surface area contributed by atoms with Gasteiger partial charge in [0.25, 0.3) is 0 Å². The first-order valence-corrected chi connectivity index (χ1v) is 3.35. The van der Waals surface area contributed by atoms with E-state index in [-0.39, 0.29) is 17.4 Å². The molecule has 0 fully saturated rings. The van der Waals surface area contributed by atoms with E-state index < -0.39 is 0 Å². The summed E-state index contributed by atoms with van der Waals surface area (Å²) in [5.41, 5.74) is 0. The lowest BCUT2D eigenvalue weighted by atomic mass is 10.1. The van der Waals surface area contributed by atoms with Crippen LogP contribution in [0.4, 0.5) is 0 Å². The van der Waals surface area contributed by atoms with Crippen LogP contribution < -0.4 is 0 Å². The van der Waals surface area contributed by atoms with Gasteiger partial charge in [-0.1, -0.05) is 0 Å². The Balaban J connectivity index is 2.56. The van der Waals surface area contributed by atoms with E-state index in [1.807, 2.05) is 0 Å². The normalized spacial score (nSPS) is 12.8. The first-order valence-electron chi connectivity index (χ1n) is 3.35. The summed E-state index contributed by atoms with van der Waals surface area (Å²) >= 11 is 0. The molecule has 0 aliphatic rings. The molecule has 0 unspecified atom stereocenters. The summed E-state index contributed by atoms with van der Waals surface area (Å²) in [6.45, 7) is 1.69. The van der Waals surface area contributed by atoms with Crippen LogP contribution in [-0.4, -0.2) is 11.5 Å². The van der Waals surface area contributed by atoms with Crippen molar-refractivity contribution in [3.63, 3.8) is 0 Å². The third-order valence-electron chi connectivity index (χ3n) is 1.45. The molecule has 0 aliphatic carbocycles. The average Bonchev–Trinajstić information content (AvgIpc) is 2.35. The molecule has 0 N–H and O–H groups in total. The lowest BCUT2D eigenvalue weighted by molar-refractivity contribution is -0.483. The summed E-state index contributed by atoms with van der Waals surface area (Å²) in [4.78, 5) is 9.73. The number of hydrogen-bond acceptors (Lipinski definition) is 3. The lowest BCUT2D eigenvalue weighted by Crippen LogP contribution is -2.08. The molecule has 4 heteroatoms. The monoisotopic (exact) mass is 155 g/mol. The van der Waals surface area contributed by atoms with Gasteiger partial charge in [-0.25, -0.2) is 0 Å². The molecule has 0 saturated carbocycles. The standard InChI is InChI=1S/C7H9NO3/c1-6(5-8(9)10)7-3-2-4-11-7/h2-4,6H,5H2,1H3/t6-/m1/s1. The Kier molecular flexibility index (Phi) is 2.25. The van der Waals surface area contributed by atoms with Gasteiger partial charge in [0.05, 0.1) is 12.2 Å². The maximum absolute atomic E-state index is 10.1. The predicted octanol–water partition coefficient (Wildman–Crippen LogP) is 1.66. The fraction of sp³-hybridized carbons (Fsp3) is 0.429. The highest BCUT2D eigenvalue weighted by molar-refractivity contribution is 5.03. The van der Waals surface area contributed by atoms with Crippen molar-refractivity contribution < 1.29 is 9.34 Å². The van der Waals surface area contributed by atoms with Crippen molar-refractivity contribution in [3.8, 4) is 0 Å². The molecule has 0 spiro atoms. The fourth-order valence-corrected chi connectivity index (χ4v) is 0.885. The van der Waals surface area contributed by atoms with Gasteiger partial charge in [0, 0.05) is 4.92 Å². The highest BCUT2D eigenvalue weighted by Crippen LogP contribution is 2.14. The molecule has 1 atom stereocenters. The van der Waals surface area contributed by atoms with Gasteiger partial charge in [0.1, 0.15) is 5.76 Å². The SMILES string of the molecule is C[C@H](C[N+](=O)[O-])c1ccco1. The van der Waals surface area contributed by atoms with Gasteiger partial charge < -0.3 is 4.42 Å². The van der Waals surface area contributed by atoms with Crippen molar-refractivity contribution >= 4 is 0 Å². The topological polar surface area (TPSA) is 56.3 Å². The van der Waals surface area contributed by atoms with E-state index in [9.17, 15) is 10.1 Å². The summed E-state index contributed by atoms with van der Waals surface area (Å²) in [6.07, 6.45) is 1.52. The number of nitrogens with zero attached hydrogens (tertiary/aromatic N) is 1. The van der Waals surface area contributed by atoms with Crippen molar-refractivity contribution in [2.24, 2.45) is 0 Å². The van der Waals surface area contributed by atoms with Gasteiger partial charge in [-0.3, -0.25) is 10.1 Å². The first kappa shape index (κ1) is 7.78. The van der Waals surface area contributed by atoms with Crippen LogP contribution in [0.2, 0.25) is 0 Å². The highest BCUT2D eigenvalue weighted by Gasteiger charge is 2.13. The molecule has 0 aliphatic heterocycles. The summed E-state index contributed by atoms with van der Waals surface area (Å²) in [6, 6.07) is 3.47. The zero-order chi connectivity index (χ0) is 8.27. The summed E-state index contributed by atoms with van der Waals surface area (Å²) in [7, 11) is 0. The fourth-order valence-electron chi connectivity index (χ4n) is 0.885. The van der Waals surface area contributed by atoms with E-state index in [0.717, 1.165) is 0 Å². The van der Waals surface area contributed by atoms with E-state index >= 15 is 0 Å². The summed E-state index contributed by atoms with van der Waals surface area (Å²) in [5, 5.41) is 10.1. The molecule has 4 nitrogen and oxygen atoms in total. The molecule has 11 heavy (non-hydrogen) atoms. The molecule has 0 aromatic carbocycles. The zero-order valence-corrected chi connectivity index (χ0v) is 6.19. The molecule has 1 aromatic heterocycles. The summed E-state index contributed by atoms with van der Waals surface area (Å²) in [5.74, 6) is 0.529. The Morgan fingerprint density at radius 1 is 1.82 bits per heavy atom. The van der Waals surface area contributed by atoms with Crippen molar-refractivity contribution in [1.29, 1.82) is 0 Å². The molecule has 0 radical (unpaired) electrons. The molecule has 0 saturated heterocycles. The molecule has 0 amide bonds. The van der Waals surface area contributed by atoms with Gasteiger partial charge in [0.15, 0.2) is 0 Å². The van der Waals surface area contributed by atoms with Gasteiger partial charge in [0.2, 0.25) is 6.54 Å². The van der Waals surface area contributed by atoms with E-state index in [2.05, 4.69) is 0 Å². The number of hydrogen-bond donors (Lipinski definition) is 0. The van der Waals surface area contributed by atoms with Gasteiger partial charge >= 0.3 is 0 Å². The van der Waals surface area contributed by atoms with Crippen LogP contribution in [0.3, 0.4) is 0 Å². The molecule has 1 aromatic rings. The first-order chi connectivity index (χ1) is 5.20. The van der Waals surface area contributed by atoms with Crippen molar-refractivity contribution in [2.75, 3.05) is 6.54 Å². The van der Waals surface area contributed by atoms with Gasteiger partial charge in [-0.2, -0.15) is 0 Å². The second kappa shape index (κ2) is 3.18. The van der Waals surface area contributed by atoms with Crippen molar-refractivity contribution in [3.05, 3.63) is 34.3 Å². The quantitative estimate of drug-likeness (QED) is 0.492. The van der Waals surface area contributed by atoms with Gasteiger partial charge in [-0.05, 0) is 19.1 Å². The van der Waals surface area contributed by atoms with Crippen LogP contribution in [-0.2, 0) is 0 Å². The minimum Gasteiger partial charge on any atom is -0.469 e. The molecular formula is C7H9NO3. The maximum Gasteiger partial charge on any atom is 0.213 e. The minimum atomic E-state index is -0.340. The Morgan fingerprint density at radius 3 is 3.00 bits per heavy atom. The smallest absolute Gasteiger partial charge is 0.213 e. The van der Waals surface area contributed by atoms with E-state index in [1.165, 1.54) is 6.26 Å². The van der Waals surface area contributed by atoms with E-state index in [1.54, 1.807) is 19.1 Å². The second-order valence-electron chi connectivity index (χ2n) is 2.43. The number of rotatable bonds is 3.